The summed E-state index contributed by atoms with van der Waals surface area (Å²) in [6.45, 7) is 1.86. The maximum absolute atomic E-state index is 10.6. The van der Waals surface area contributed by atoms with Crippen molar-refractivity contribution in [3.8, 4) is 0 Å². The summed E-state index contributed by atoms with van der Waals surface area (Å²) < 4.78 is 0. The molecule has 2 rings (SSSR count). The van der Waals surface area contributed by atoms with Crippen molar-refractivity contribution in [3.63, 3.8) is 0 Å². The molecule has 1 aromatic rings. The molecule has 1 heterocycles. The van der Waals surface area contributed by atoms with Crippen LogP contribution in [0.1, 0.15) is 41.9 Å². The minimum Gasteiger partial charge on any atom is -0.481 e. The lowest BCUT2D eigenvalue weighted by atomic mass is 9.97. The molecule has 19 heavy (non-hydrogen) atoms. The minimum absolute atomic E-state index is 0.136. The molecular formula is C15H21NO2S. The normalized spacial score (nSPS) is 15.3. The van der Waals surface area contributed by atoms with Crippen molar-refractivity contribution in [3.05, 3.63) is 33.5 Å². The van der Waals surface area contributed by atoms with E-state index in [0.717, 1.165) is 24.4 Å². The summed E-state index contributed by atoms with van der Waals surface area (Å²) in [7, 11) is 0. The second-order valence-corrected chi connectivity index (χ2v) is 6.23. The molecule has 0 aromatic carbocycles. The molecule has 3 nitrogen and oxygen atoms in total. The van der Waals surface area contributed by atoms with Crippen LogP contribution in [0.5, 0.6) is 0 Å². The fraction of sp³-hybridized carbons (Fsp3) is 0.533. The molecule has 0 saturated carbocycles. The highest BCUT2D eigenvalue weighted by molar-refractivity contribution is 7.12. The van der Waals surface area contributed by atoms with Gasteiger partial charge in [-0.1, -0.05) is 11.6 Å². The van der Waals surface area contributed by atoms with E-state index in [4.69, 9.17) is 5.11 Å². The monoisotopic (exact) mass is 279 g/mol. The topological polar surface area (TPSA) is 49.3 Å². The molecule has 104 valence electrons. The predicted molar refractivity (Wildman–Crippen MR) is 78.5 cm³/mol. The van der Waals surface area contributed by atoms with Crippen LogP contribution in [-0.2, 0) is 17.8 Å². The molecular weight excluding hydrogens is 258 g/mol. The highest BCUT2D eigenvalue weighted by Crippen LogP contribution is 2.20. The molecule has 0 aliphatic heterocycles. The van der Waals surface area contributed by atoms with Crippen molar-refractivity contribution >= 4 is 17.3 Å². The Morgan fingerprint density at radius 1 is 1.32 bits per heavy atom. The zero-order valence-corrected chi connectivity index (χ0v) is 12.0. The molecule has 0 bridgehead atoms. The third-order valence-electron chi connectivity index (χ3n) is 3.35. The van der Waals surface area contributed by atoms with E-state index in [1.807, 2.05) is 12.1 Å². The van der Waals surface area contributed by atoms with Crippen LogP contribution in [0.3, 0.4) is 0 Å². The largest absolute Gasteiger partial charge is 0.481 e. The maximum Gasteiger partial charge on any atom is 0.308 e. The van der Waals surface area contributed by atoms with E-state index < -0.39 is 5.97 Å². The molecule has 1 aliphatic rings. The zero-order chi connectivity index (χ0) is 13.5. The Morgan fingerprint density at radius 3 is 2.89 bits per heavy atom. The van der Waals surface area contributed by atoms with E-state index in [1.165, 1.54) is 30.6 Å². The summed E-state index contributed by atoms with van der Waals surface area (Å²) in [4.78, 5) is 12.7. The number of nitrogens with one attached hydrogen (secondary N) is 1. The molecule has 0 atom stereocenters. The summed E-state index contributed by atoms with van der Waals surface area (Å²) >= 11 is 1.59. The molecule has 0 saturated heterocycles. The molecule has 0 spiro atoms. The first-order valence-corrected chi connectivity index (χ1v) is 7.73. The van der Waals surface area contributed by atoms with Gasteiger partial charge in [0, 0.05) is 16.3 Å². The van der Waals surface area contributed by atoms with Gasteiger partial charge >= 0.3 is 5.97 Å². The van der Waals surface area contributed by atoms with Crippen molar-refractivity contribution in [2.45, 2.75) is 45.1 Å². The van der Waals surface area contributed by atoms with Crippen LogP contribution in [0.25, 0.3) is 0 Å². The number of allylic oxidation sites excluding steroid dienone is 1. The number of thiophene rings is 1. The Hall–Kier alpha value is -1.13. The standard InChI is InChI=1S/C15H21NO2S/c17-15(18)10-13-6-7-14(19-13)11-16-9-8-12-4-2-1-3-5-12/h4,6-7,16H,1-3,5,8-11H2,(H,17,18). The molecule has 4 heteroatoms. The smallest absolute Gasteiger partial charge is 0.308 e. The van der Waals surface area contributed by atoms with Crippen LogP contribution in [0.2, 0.25) is 0 Å². The maximum atomic E-state index is 10.6. The van der Waals surface area contributed by atoms with E-state index in [2.05, 4.69) is 11.4 Å². The summed E-state index contributed by atoms with van der Waals surface area (Å²) in [5.41, 5.74) is 1.59. The summed E-state index contributed by atoms with van der Waals surface area (Å²) in [6, 6.07) is 3.94. The molecule has 0 amide bonds. The van der Waals surface area contributed by atoms with Gasteiger partial charge in [0.2, 0.25) is 0 Å². The molecule has 0 fully saturated rings. The zero-order valence-electron chi connectivity index (χ0n) is 11.2. The van der Waals surface area contributed by atoms with E-state index in [-0.39, 0.29) is 6.42 Å². The average Bonchev–Trinajstić information content (AvgIpc) is 2.83. The van der Waals surface area contributed by atoms with Crippen molar-refractivity contribution in [2.24, 2.45) is 0 Å². The van der Waals surface area contributed by atoms with E-state index >= 15 is 0 Å². The molecule has 1 aromatic heterocycles. The van der Waals surface area contributed by atoms with Gasteiger partial charge in [0.1, 0.15) is 0 Å². The van der Waals surface area contributed by atoms with Crippen LogP contribution in [0.4, 0.5) is 0 Å². The molecule has 0 unspecified atom stereocenters. The second kappa shape index (κ2) is 7.46. The number of carboxylic acid groups (broad SMARTS) is 1. The first kappa shape index (κ1) is 14.3. The predicted octanol–water partition coefficient (Wildman–Crippen LogP) is 3.36. The van der Waals surface area contributed by atoms with Crippen LogP contribution in [-0.4, -0.2) is 17.6 Å². The Balaban J connectivity index is 1.66. The van der Waals surface area contributed by atoms with Gasteiger partial charge in [-0.3, -0.25) is 4.79 Å². The molecule has 1 aliphatic carbocycles. The number of carboxylic acids is 1. The second-order valence-electron chi connectivity index (χ2n) is 4.97. The Labute approximate surface area is 118 Å². The van der Waals surface area contributed by atoms with E-state index in [9.17, 15) is 4.79 Å². The Bertz CT molecular complexity index is 451. The minimum atomic E-state index is -0.759. The number of hydrogen-bond donors (Lipinski definition) is 2. The van der Waals surface area contributed by atoms with Gasteiger partial charge < -0.3 is 10.4 Å². The van der Waals surface area contributed by atoms with Crippen molar-refractivity contribution in [2.75, 3.05) is 6.54 Å². The molecule has 0 radical (unpaired) electrons. The van der Waals surface area contributed by atoms with Crippen molar-refractivity contribution in [1.82, 2.24) is 5.32 Å². The van der Waals surface area contributed by atoms with Crippen molar-refractivity contribution in [1.29, 1.82) is 0 Å². The van der Waals surface area contributed by atoms with Crippen LogP contribution in [0.15, 0.2) is 23.8 Å². The highest BCUT2D eigenvalue weighted by Gasteiger charge is 2.05. The van der Waals surface area contributed by atoms with Crippen LogP contribution in [0, 0.1) is 0 Å². The first-order chi connectivity index (χ1) is 9.24. The third-order valence-corrected chi connectivity index (χ3v) is 4.44. The van der Waals surface area contributed by atoms with Gasteiger partial charge in [0.05, 0.1) is 6.42 Å². The summed E-state index contributed by atoms with van der Waals surface area (Å²) in [5.74, 6) is -0.759. The van der Waals surface area contributed by atoms with Crippen molar-refractivity contribution < 1.29 is 9.90 Å². The summed E-state index contributed by atoms with van der Waals surface area (Å²) in [6.07, 6.45) is 8.88. The lowest BCUT2D eigenvalue weighted by Gasteiger charge is -2.12. The van der Waals surface area contributed by atoms with E-state index in [0.29, 0.717) is 0 Å². The van der Waals surface area contributed by atoms with Gasteiger partial charge in [-0.25, -0.2) is 0 Å². The van der Waals surface area contributed by atoms with Gasteiger partial charge in [0.15, 0.2) is 0 Å². The fourth-order valence-electron chi connectivity index (χ4n) is 2.35. The lowest BCUT2D eigenvalue weighted by Crippen LogP contribution is -2.14. The number of aliphatic carboxylic acids is 1. The van der Waals surface area contributed by atoms with Gasteiger partial charge in [-0.05, 0) is 50.8 Å². The van der Waals surface area contributed by atoms with Gasteiger partial charge in [0.25, 0.3) is 0 Å². The van der Waals surface area contributed by atoms with E-state index in [1.54, 1.807) is 16.9 Å². The van der Waals surface area contributed by atoms with Crippen LogP contribution < -0.4 is 5.32 Å². The van der Waals surface area contributed by atoms with Crippen LogP contribution >= 0.6 is 11.3 Å². The number of rotatable bonds is 7. The average molecular weight is 279 g/mol. The Morgan fingerprint density at radius 2 is 2.16 bits per heavy atom. The van der Waals surface area contributed by atoms with Gasteiger partial charge in [-0.15, -0.1) is 11.3 Å². The fourth-order valence-corrected chi connectivity index (χ4v) is 3.33. The van der Waals surface area contributed by atoms with Gasteiger partial charge in [-0.2, -0.15) is 0 Å². The molecule has 2 N–H and O–H groups in total. The Kier molecular flexibility index (Phi) is 5.61. The highest BCUT2D eigenvalue weighted by atomic mass is 32.1. The quantitative estimate of drug-likeness (QED) is 0.594. The SMILES string of the molecule is O=C(O)Cc1ccc(CNCCC2=CCCCC2)s1. The summed E-state index contributed by atoms with van der Waals surface area (Å²) in [5, 5.41) is 12.2. The first-order valence-electron chi connectivity index (χ1n) is 6.92. The number of hydrogen-bond acceptors (Lipinski definition) is 3. The lowest BCUT2D eigenvalue weighted by molar-refractivity contribution is -0.136. The number of carbonyl (C=O) groups is 1. The third kappa shape index (κ3) is 5.17.